The van der Waals surface area contributed by atoms with Crippen molar-refractivity contribution in [1.82, 2.24) is 0 Å². The molecule has 0 amide bonds. The van der Waals surface area contributed by atoms with Gasteiger partial charge in [-0.25, -0.2) is 0 Å². The number of allylic oxidation sites excluding steroid dienone is 1. The lowest BCUT2D eigenvalue weighted by Crippen LogP contribution is -2.59. The molecule has 0 radical (unpaired) electrons. The highest BCUT2D eigenvalue weighted by molar-refractivity contribution is 5.03. The summed E-state index contributed by atoms with van der Waals surface area (Å²) in [6, 6.07) is 0. The van der Waals surface area contributed by atoms with E-state index < -0.39 is 49.2 Å². The van der Waals surface area contributed by atoms with Crippen LogP contribution in [-0.2, 0) is 14.2 Å². The maximum absolute atomic E-state index is 9.90. The molecule has 2 rings (SSSR count). The Hall–Kier alpha value is -0.740. The first-order valence-corrected chi connectivity index (χ1v) is 6.37. The lowest BCUT2D eigenvalue weighted by Gasteiger charge is -2.42. The molecular weight excluding hydrogens is 272 g/mol. The minimum absolute atomic E-state index is 0.368. The standard InChI is InChI=1S/C12H20O8/c1-4-3-6(13)7(14)12(18-4)20-10-5(2)19-11(17)9(16)8(10)15/h3,5-17H,1-2H3. The highest BCUT2D eigenvalue weighted by Crippen LogP contribution is 2.27. The Balaban J connectivity index is 2.07. The molecule has 0 bridgehead atoms. The summed E-state index contributed by atoms with van der Waals surface area (Å²) < 4.78 is 15.7. The van der Waals surface area contributed by atoms with Crippen LogP contribution in [0.3, 0.4) is 0 Å². The Morgan fingerprint density at radius 3 is 2.35 bits per heavy atom. The summed E-state index contributed by atoms with van der Waals surface area (Å²) in [4.78, 5) is 0. The van der Waals surface area contributed by atoms with Crippen LogP contribution in [0.15, 0.2) is 11.8 Å². The smallest absolute Gasteiger partial charge is 0.228 e. The maximum atomic E-state index is 9.90. The van der Waals surface area contributed by atoms with E-state index >= 15 is 0 Å². The molecule has 8 nitrogen and oxygen atoms in total. The Morgan fingerprint density at radius 1 is 1.05 bits per heavy atom. The Bertz CT molecular complexity index is 372. The molecule has 0 aromatic heterocycles. The summed E-state index contributed by atoms with van der Waals surface area (Å²) in [6.07, 6.45) is -8.56. The lowest BCUT2D eigenvalue weighted by molar-refractivity contribution is -0.319. The number of hydrogen-bond acceptors (Lipinski definition) is 8. The fraction of sp³-hybridized carbons (Fsp3) is 0.833. The van der Waals surface area contributed by atoms with Crippen molar-refractivity contribution < 1.29 is 39.7 Å². The van der Waals surface area contributed by atoms with Crippen molar-refractivity contribution in [2.24, 2.45) is 0 Å². The van der Waals surface area contributed by atoms with Crippen molar-refractivity contribution in [2.75, 3.05) is 0 Å². The molecule has 1 fully saturated rings. The Morgan fingerprint density at radius 2 is 1.70 bits per heavy atom. The zero-order chi connectivity index (χ0) is 15.0. The monoisotopic (exact) mass is 292 g/mol. The van der Waals surface area contributed by atoms with E-state index in [2.05, 4.69) is 0 Å². The molecule has 1 saturated heterocycles. The normalized spacial score (nSPS) is 49.5. The number of aliphatic hydroxyl groups is 5. The van der Waals surface area contributed by atoms with Crippen molar-refractivity contribution in [3.05, 3.63) is 11.8 Å². The van der Waals surface area contributed by atoms with Crippen LogP contribution in [0, 0.1) is 0 Å². The van der Waals surface area contributed by atoms with Crippen molar-refractivity contribution in [2.45, 2.75) is 63.1 Å². The van der Waals surface area contributed by atoms with Crippen LogP contribution in [0.4, 0.5) is 0 Å². The topological polar surface area (TPSA) is 129 Å². The summed E-state index contributed by atoms with van der Waals surface area (Å²) in [7, 11) is 0. The molecule has 0 saturated carbocycles. The van der Waals surface area contributed by atoms with E-state index in [1.54, 1.807) is 6.92 Å². The van der Waals surface area contributed by atoms with Crippen molar-refractivity contribution in [1.29, 1.82) is 0 Å². The fourth-order valence-corrected chi connectivity index (χ4v) is 2.27. The summed E-state index contributed by atoms with van der Waals surface area (Å²) in [5.41, 5.74) is 0. The molecule has 2 aliphatic rings. The largest absolute Gasteiger partial charge is 0.467 e. The molecule has 20 heavy (non-hydrogen) atoms. The van der Waals surface area contributed by atoms with Gasteiger partial charge in [-0.3, -0.25) is 0 Å². The molecule has 116 valence electrons. The zero-order valence-corrected chi connectivity index (χ0v) is 11.2. The van der Waals surface area contributed by atoms with E-state index in [0.29, 0.717) is 5.76 Å². The lowest BCUT2D eigenvalue weighted by atomic mass is 9.99. The third-order valence-corrected chi connectivity index (χ3v) is 3.42. The number of hydrogen-bond donors (Lipinski definition) is 5. The van der Waals surface area contributed by atoms with E-state index in [-0.39, 0.29) is 0 Å². The second-order valence-electron chi connectivity index (χ2n) is 5.06. The van der Waals surface area contributed by atoms with Gasteiger partial charge in [-0.15, -0.1) is 0 Å². The van der Waals surface area contributed by atoms with E-state index in [4.69, 9.17) is 14.2 Å². The van der Waals surface area contributed by atoms with E-state index in [0.717, 1.165) is 0 Å². The van der Waals surface area contributed by atoms with Crippen molar-refractivity contribution >= 4 is 0 Å². The number of ether oxygens (including phenoxy) is 3. The first kappa shape index (κ1) is 15.6. The summed E-state index contributed by atoms with van der Waals surface area (Å²) in [6.45, 7) is 3.12. The summed E-state index contributed by atoms with van der Waals surface area (Å²) >= 11 is 0. The fourth-order valence-electron chi connectivity index (χ4n) is 2.27. The zero-order valence-electron chi connectivity index (χ0n) is 11.2. The quantitative estimate of drug-likeness (QED) is 0.388. The van der Waals surface area contributed by atoms with Crippen molar-refractivity contribution in [3.63, 3.8) is 0 Å². The van der Waals surface area contributed by atoms with Crippen LogP contribution in [0.5, 0.6) is 0 Å². The van der Waals surface area contributed by atoms with Gasteiger partial charge in [-0.2, -0.15) is 0 Å². The van der Waals surface area contributed by atoms with Crippen LogP contribution in [0.2, 0.25) is 0 Å². The van der Waals surface area contributed by atoms with E-state index in [9.17, 15) is 25.5 Å². The highest BCUT2D eigenvalue weighted by atomic mass is 16.7. The highest BCUT2D eigenvalue weighted by Gasteiger charge is 2.45. The average molecular weight is 292 g/mol. The van der Waals surface area contributed by atoms with Crippen LogP contribution in [0.25, 0.3) is 0 Å². The molecule has 0 aliphatic carbocycles. The predicted octanol–water partition coefficient (Wildman–Crippen LogP) is -2.19. The second-order valence-corrected chi connectivity index (χ2v) is 5.06. The molecule has 0 aromatic carbocycles. The van der Waals surface area contributed by atoms with Gasteiger partial charge in [-0.05, 0) is 19.9 Å². The van der Waals surface area contributed by atoms with E-state index in [1.165, 1.54) is 13.0 Å². The predicted molar refractivity (Wildman–Crippen MR) is 64.1 cm³/mol. The molecule has 0 spiro atoms. The molecule has 0 aromatic rings. The number of rotatable bonds is 2. The second kappa shape index (κ2) is 5.94. The van der Waals surface area contributed by atoms with Gasteiger partial charge in [0.25, 0.3) is 0 Å². The summed E-state index contributed by atoms with van der Waals surface area (Å²) in [5, 5.41) is 48.2. The van der Waals surface area contributed by atoms with Gasteiger partial charge < -0.3 is 39.7 Å². The van der Waals surface area contributed by atoms with Crippen molar-refractivity contribution in [3.8, 4) is 0 Å². The van der Waals surface area contributed by atoms with Crippen LogP contribution < -0.4 is 0 Å². The SMILES string of the molecule is CC1=CC(O)C(O)C(OC2C(C)OC(O)C(O)C2O)O1. The third-order valence-electron chi connectivity index (χ3n) is 3.42. The molecule has 8 heteroatoms. The minimum Gasteiger partial charge on any atom is -0.467 e. The van der Waals surface area contributed by atoms with Gasteiger partial charge in [0.1, 0.15) is 30.5 Å². The molecule has 2 aliphatic heterocycles. The Kier molecular flexibility index (Phi) is 4.65. The maximum Gasteiger partial charge on any atom is 0.228 e. The van der Waals surface area contributed by atoms with Gasteiger partial charge in [0.15, 0.2) is 6.29 Å². The molecule has 8 atom stereocenters. The summed E-state index contributed by atoms with van der Waals surface area (Å²) in [5.74, 6) is 0.368. The van der Waals surface area contributed by atoms with Gasteiger partial charge in [0, 0.05) is 0 Å². The average Bonchev–Trinajstić information content (AvgIpc) is 2.37. The van der Waals surface area contributed by atoms with Gasteiger partial charge in [0.05, 0.1) is 11.9 Å². The van der Waals surface area contributed by atoms with Crippen LogP contribution in [0.1, 0.15) is 13.8 Å². The minimum atomic E-state index is -1.53. The first-order valence-electron chi connectivity index (χ1n) is 6.37. The van der Waals surface area contributed by atoms with Crippen LogP contribution in [-0.4, -0.2) is 74.7 Å². The molecule has 8 unspecified atom stereocenters. The molecular formula is C12H20O8. The third kappa shape index (κ3) is 2.96. The van der Waals surface area contributed by atoms with Gasteiger partial charge in [0.2, 0.25) is 6.29 Å². The van der Waals surface area contributed by atoms with Gasteiger partial charge >= 0.3 is 0 Å². The Labute approximate surface area is 115 Å². The van der Waals surface area contributed by atoms with Gasteiger partial charge in [-0.1, -0.05) is 0 Å². The first-order chi connectivity index (χ1) is 9.31. The molecule has 5 N–H and O–H groups in total. The molecule has 2 heterocycles. The van der Waals surface area contributed by atoms with E-state index in [1.807, 2.05) is 0 Å². The van der Waals surface area contributed by atoms with Crippen LogP contribution >= 0.6 is 0 Å². The number of aliphatic hydroxyl groups excluding tert-OH is 5.